The van der Waals surface area contributed by atoms with E-state index in [2.05, 4.69) is 81.8 Å². The summed E-state index contributed by atoms with van der Waals surface area (Å²) in [6.07, 6.45) is -1.61. The van der Waals surface area contributed by atoms with Crippen LogP contribution in [0.5, 0.6) is 0 Å². The van der Waals surface area contributed by atoms with Crippen molar-refractivity contribution in [3.8, 4) is 0 Å². The third kappa shape index (κ3) is 11.0. The number of aromatic amines is 1. The van der Waals surface area contributed by atoms with Gasteiger partial charge in [0.2, 0.25) is 11.8 Å². The second-order valence-electron chi connectivity index (χ2n) is 24.8. The van der Waals surface area contributed by atoms with E-state index in [4.69, 9.17) is 18.9 Å². The molecule has 16 rings (SSSR count). The van der Waals surface area contributed by atoms with Crippen molar-refractivity contribution in [2.45, 2.75) is 131 Å². The molecule has 0 aromatic carbocycles. The summed E-state index contributed by atoms with van der Waals surface area (Å²) in [5.74, 6) is 1.98. The zero-order valence-electron chi connectivity index (χ0n) is 52.1. The lowest BCUT2D eigenvalue weighted by Gasteiger charge is -2.28. The Morgan fingerprint density at radius 3 is 1.54 bits per heavy atom. The lowest BCUT2D eigenvalue weighted by molar-refractivity contribution is -0.115. The molecule has 8 aliphatic rings. The van der Waals surface area contributed by atoms with Gasteiger partial charge in [0.05, 0.1) is 102 Å². The highest BCUT2D eigenvalue weighted by molar-refractivity contribution is 6.10. The third-order valence-electron chi connectivity index (χ3n) is 18.0. The van der Waals surface area contributed by atoms with E-state index in [-0.39, 0.29) is 42.1 Å². The molecule has 0 saturated carbocycles. The normalized spacial score (nSPS) is 31.6. The van der Waals surface area contributed by atoms with Crippen molar-refractivity contribution in [1.29, 1.82) is 0 Å². The fourth-order valence-corrected chi connectivity index (χ4v) is 12.9. The molecular formula is C57H66N20O21. The number of hydrogen-bond acceptors (Lipinski definition) is 34. The highest BCUT2D eigenvalue weighted by atomic mass is 16.6. The number of hydrogen-bond donors (Lipinski definition) is 19. The molecule has 8 aromatic heterocycles. The number of rotatable bonds is 8. The maximum atomic E-state index is 11.9. The molecule has 4 fully saturated rings. The van der Waals surface area contributed by atoms with Crippen LogP contribution in [0.2, 0.25) is 0 Å². The first-order valence-corrected chi connectivity index (χ1v) is 30.2. The van der Waals surface area contributed by atoms with Crippen LogP contribution in [0.3, 0.4) is 0 Å². The summed E-state index contributed by atoms with van der Waals surface area (Å²) in [6, 6.07) is 0. The molecule has 0 radical (unpaired) electrons. The van der Waals surface area contributed by atoms with Crippen molar-refractivity contribution >= 4 is 115 Å². The van der Waals surface area contributed by atoms with E-state index in [1.54, 1.807) is 34.6 Å². The van der Waals surface area contributed by atoms with Crippen molar-refractivity contribution in [1.82, 2.24) is 58.1 Å². The molecule has 16 atom stereocenters. The third-order valence-corrected chi connectivity index (χ3v) is 18.0. The van der Waals surface area contributed by atoms with Gasteiger partial charge in [0.1, 0.15) is 130 Å². The number of aliphatic imine (C=N–C) groups is 2. The van der Waals surface area contributed by atoms with Crippen LogP contribution in [0, 0.1) is 6.92 Å². The average Bonchev–Trinajstić information content (AvgIpc) is 1.59. The number of aliphatic hydroxyl groups excluding tert-OH is 8. The van der Waals surface area contributed by atoms with Crippen LogP contribution in [0.25, 0.3) is 43.9 Å². The van der Waals surface area contributed by atoms with E-state index >= 15 is 0 Å². The van der Waals surface area contributed by atoms with Crippen LogP contribution in [0.1, 0.15) is 58.4 Å². The summed E-state index contributed by atoms with van der Waals surface area (Å²) in [7, 11) is 0. The van der Waals surface area contributed by atoms with Crippen LogP contribution in [-0.2, 0) is 28.5 Å². The van der Waals surface area contributed by atoms with E-state index in [0.717, 1.165) is 6.20 Å². The van der Waals surface area contributed by atoms with Crippen molar-refractivity contribution in [3.05, 3.63) is 74.2 Å². The largest absolute Gasteiger partial charge is 0.394 e. The van der Waals surface area contributed by atoms with Crippen molar-refractivity contribution in [2.75, 3.05) is 71.4 Å². The number of nitrogens with one attached hydrogen (secondary N) is 7. The number of aryl methyl sites for hydroxylation is 1. The van der Waals surface area contributed by atoms with Crippen LogP contribution < -0.4 is 48.6 Å². The Bertz CT molecular complexity index is 4780. The van der Waals surface area contributed by atoms with Gasteiger partial charge >= 0.3 is 11.1 Å². The molecule has 2 amide bonds. The molecule has 41 heteroatoms. The first kappa shape index (κ1) is 67.0. The number of nitrogens with zero attached hydrogens (tertiary/aromatic N) is 13. The SMILES string of the molecule is C[C@]1(O)C(n2cc3[nH]c(=O)c(=O)nc4c3c2N=CN4)O[C@H](CO)[C@H]1O.C[C@]1(O)C(n2cc3c4c(ncnc42)NC(=O)CN3)O[C@H](CO)[C@H]1O.C[C@]1(O)C(n2cc3ncc(=O)nc4c3c2N=CN4)O[C@H](CO)[C@H]1O.Cc1nc2c3c(cn(C4O[C@H](CO)[C@@H](O)[C@@]4(C)O)c3n1)NC(=O)CN2. The number of aromatic nitrogens is 12. The molecule has 16 heterocycles. The maximum Gasteiger partial charge on any atom is 0.337 e. The van der Waals surface area contributed by atoms with Crippen LogP contribution in [0.15, 0.2) is 61.7 Å². The molecule has 8 aliphatic heterocycles. The van der Waals surface area contributed by atoms with Gasteiger partial charge in [-0.25, -0.2) is 34.9 Å². The highest BCUT2D eigenvalue weighted by Gasteiger charge is 2.57. The average molecular weight is 1370 g/mol. The molecule has 0 aliphatic carbocycles. The minimum absolute atomic E-state index is 0.0687. The number of anilines is 6. The van der Waals surface area contributed by atoms with Crippen LogP contribution in [-0.4, -0.2) is 255 Å². The first-order valence-electron chi connectivity index (χ1n) is 30.2. The summed E-state index contributed by atoms with van der Waals surface area (Å²) >= 11 is 0. The zero-order valence-corrected chi connectivity index (χ0v) is 52.1. The fraction of sp³-hybridized carbons (Fsp3) is 0.474. The minimum Gasteiger partial charge on any atom is -0.394 e. The second kappa shape index (κ2) is 24.8. The van der Waals surface area contributed by atoms with E-state index in [1.807, 2.05) is 0 Å². The van der Waals surface area contributed by atoms with Crippen molar-refractivity contribution in [3.63, 3.8) is 0 Å². The van der Waals surface area contributed by atoms with E-state index in [9.17, 15) is 85.3 Å². The van der Waals surface area contributed by atoms with Gasteiger partial charge in [-0.05, 0) is 34.6 Å². The summed E-state index contributed by atoms with van der Waals surface area (Å²) in [4.78, 5) is 98.1. The van der Waals surface area contributed by atoms with Crippen LogP contribution in [0.4, 0.5) is 46.3 Å². The van der Waals surface area contributed by atoms with Gasteiger partial charge in [0, 0.05) is 24.8 Å². The Morgan fingerprint density at radius 1 is 0.510 bits per heavy atom. The second-order valence-corrected chi connectivity index (χ2v) is 24.8. The van der Waals surface area contributed by atoms with Gasteiger partial charge in [-0.1, -0.05) is 0 Å². The van der Waals surface area contributed by atoms with E-state index < -0.39 is 139 Å². The molecule has 0 bridgehead atoms. The number of ether oxygens (including phenoxy) is 4. The van der Waals surface area contributed by atoms with E-state index in [1.165, 1.54) is 62.0 Å². The molecule has 98 heavy (non-hydrogen) atoms. The topological polar surface area (TPSA) is 588 Å². The predicted molar refractivity (Wildman–Crippen MR) is 339 cm³/mol. The zero-order chi connectivity index (χ0) is 70.0. The first-order chi connectivity index (χ1) is 46.5. The van der Waals surface area contributed by atoms with Gasteiger partial charge in [-0.15, -0.1) is 0 Å². The number of carbonyl (C=O) groups excluding carboxylic acids is 2. The van der Waals surface area contributed by atoms with Crippen molar-refractivity contribution < 1.29 is 89.8 Å². The molecular weight excluding hydrogens is 1300 g/mol. The predicted octanol–water partition coefficient (Wildman–Crippen LogP) is -5.05. The Labute approximate surface area is 547 Å². The summed E-state index contributed by atoms with van der Waals surface area (Å²) < 4.78 is 28.6. The number of aliphatic hydroxyl groups is 12. The Hall–Kier alpha value is -9.54. The molecule has 8 aromatic rings. The molecule has 4 saturated heterocycles. The van der Waals surface area contributed by atoms with Gasteiger partial charge < -0.3 is 135 Å². The lowest BCUT2D eigenvalue weighted by atomic mass is 9.96. The van der Waals surface area contributed by atoms with E-state index in [0.29, 0.717) is 78.8 Å². The minimum atomic E-state index is -1.72. The van der Waals surface area contributed by atoms with Crippen molar-refractivity contribution in [2.24, 2.45) is 9.98 Å². The monoisotopic (exact) mass is 1370 g/mol. The van der Waals surface area contributed by atoms with Gasteiger partial charge in [0.25, 0.3) is 5.56 Å². The summed E-state index contributed by atoms with van der Waals surface area (Å²) in [5.41, 5.74) is -6.35. The maximum absolute atomic E-state index is 11.9. The fourth-order valence-electron chi connectivity index (χ4n) is 12.9. The molecule has 41 nitrogen and oxygen atoms in total. The van der Waals surface area contributed by atoms with Gasteiger partial charge in [-0.2, -0.15) is 9.97 Å². The quantitative estimate of drug-likeness (QED) is 0.0633. The van der Waals surface area contributed by atoms with Gasteiger partial charge in [-0.3, -0.25) is 24.0 Å². The summed E-state index contributed by atoms with van der Waals surface area (Å²) in [5, 5.41) is 140. The highest BCUT2D eigenvalue weighted by Crippen LogP contribution is 2.48. The number of amides is 2. The standard InChI is InChI=1S/C15H19N5O5.C14H15N5O6.C14H17N5O5.C14H15N5O5/c1-6-17-12-10-7(19-9(22)3-16-12)4-20(13(10)18-6)14-15(2,24)11(23)8(5-21)25-14;1-14(24)8(21)6(3-20)25-13(14)19-2-5-7-9(15-4-16-10(7)19)18-12(23)11(22)17-5;2*1-14(23)10(22)7(4-20)24-13(14)19-3-6-9-11(16-5-17-12(9)19)18-8(21)2-15-6/h4,8,11,14,21,23-24H,3,5H2,1-2H3,(H,19,22)(H,16,17,18);2,4,6,8,13,20-21,24H,3H2,1H3,(H,17,22)(H,15,16,18,23);3,5,7,10,13,15,20,22-23H,2,4H2,1H3,(H,16,17,18,21);2-3,5,7,10,13,20,22-23H,4H2,1H3,(H,16,17,18,21)/t8-,11-,14?,15-;6-,8-,13?,14-;2*7-,10-,13?,14-/m1111/s1. The van der Waals surface area contributed by atoms with Gasteiger partial charge in [0.15, 0.2) is 24.9 Å². The molecule has 0 spiro atoms. The Kier molecular flexibility index (Phi) is 16.9. The molecule has 4 unspecified atom stereocenters. The Balaban J connectivity index is 0.000000118. The summed E-state index contributed by atoms with van der Waals surface area (Å²) in [6.45, 7) is 5.76. The lowest BCUT2D eigenvalue weighted by Crippen LogP contribution is -2.44. The molecule has 19 N–H and O–H groups in total. The Morgan fingerprint density at radius 2 is 0.990 bits per heavy atom. The van der Waals surface area contributed by atoms with Crippen LogP contribution >= 0.6 is 0 Å². The molecule has 520 valence electrons. The number of carbonyl (C=O) groups is 2. The smallest absolute Gasteiger partial charge is 0.337 e. The number of H-pyrrole nitrogens is 1.